The molecule has 7 nitrogen and oxygen atoms in total. The van der Waals surface area contributed by atoms with Gasteiger partial charge in [-0.2, -0.15) is 5.10 Å². The van der Waals surface area contributed by atoms with Crippen molar-refractivity contribution in [3.8, 4) is 11.5 Å². The first-order valence-corrected chi connectivity index (χ1v) is 9.87. The number of hydrazone groups is 1. The lowest BCUT2D eigenvalue weighted by Crippen LogP contribution is -2.25. The molecule has 0 saturated heterocycles. The Labute approximate surface area is 177 Å². The molecule has 0 atom stereocenters. The molecular weight excluding hydrogens is 473 g/mol. The number of nitrogens with zero attached hydrogens (tertiary/aromatic N) is 1. The van der Waals surface area contributed by atoms with Gasteiger partial charge in [-0.1, -0.05) is 25.1 Å². The van der Waals surface area contributed by atoms with Gasteiger partial charge in [-0.05, 0) is 65.3 Å². The van der Waals surface area contributed by atoms with Gasteiger partial charge in [-0.15, -0.1) is 0 Å². The number of halogens is 1. The lowest BCUT2D eigenvalue weighted by atomic mass is 10.1. The predicted molar refractivity (Wildman–Crippen MR) is 117 cm³/mol. The van der Waals surface area contributed by atoms with Gasteiger partial charge in [0.1, 0.15) is 6.42 Å². The molecule has 0 saturated carbocycles. The number of benzene rings is 2. The van der Waals surface area contributed by atoms with Crippen molar-refractivity contribution < 1.29 is 19.4 Å². The molecule has 2 rings (SSSR count). The third kappa shape index (κ3) is 6.22. The molecule has 0 aromatic heterocycles. The number of phenols is 1. The number of hydrogen-bond acceptors (Lipinski definition) is 5. The summed E-state index contributed by atoms with van der Waals surface area (Å²) in [5, 5.41) is 16.5. The first-order valence-electron chi connectivity index (χ1n) is 8.79. The molecule has 148 valence electrons. The second-order valence-electron chi connectivity index (χ2n) is 5.81. The number of nitrogens with one attached hydrogen (secondary N) is 2. The Kier molecular flexibility index (Phi) is 8.24. The Morgan fingerprint density at radius 2 is 1.96 bits per heavy atom. The van der Waals surface area contributed by atoms with Crippen LogP contribution in [0.3, 0.4) is 0 Å². The van der Waals surface area contributed by atoms with E-state index in [1.165, 1.54) is 6.21 Å². The highest BCUT2D eigenvalue weighted by atomic mass is 127. The van der Waals surface area contributed by atoms with E-state index in [1.54, 1.807) is 18.2 Å². The second kappa shape index (κ2) is 10.6. The van der Waals surface area contributed by atoms with Crippen molar-refractivity contribution in [2.75, 3.05) is 11.9 Å². The Balaban J connectivity index is 1.92. The molecule has 0 aliphatic heterocycles. The van der Waals surface area contributed by atoms with Crippen molar-refractivity contribution in [3.05, 3.63) is 51.1 Å². The topological polar surface area (TPSA) is 100 Å². The summed E-state index contributed by atoms with van der Waals surface area (Å²) in [6.07, 6.45) is 1.86. The van der Waals surface area contributed by atoms with Crippen molar-refractivity contribution >= 4 is 46.3 Å². The highest BCUT2D eigenvalue weighted by Gasteiger charge is 2.11. The molecule has 0 fully saturated rings. The quantitative estimate of drug-likeness (QED) is 0.226. The number of para-hydroxylation sites is 1. The molecule has 2 aromatic rings. The number of ether oxygens (including phenoxy) is 1. The van der Waals surface area contributed by atoms with Crippen LogP contribution in [0, 0.1) is 3.57 Å². The number of amides is 2. The van der Waals surface area contributed by atoms with Gasteiger partial charge in [-0.25, -0.2) is 5.43 Å². The first-order chi connectivity index (χ1) is 13.4. The van der Waals surface area contributed by atoms with Crippen LogP contribution in [0.25, 0.3) is 0 Å². The molecular formula is C20H22IN3O4. The fourth-order valence-electron chi connectivity index (χ4n) is 2.44. The van der Waals surface area contributed by atoms with Crippen molar-refractivity contribution in [1.82, 2.24) is 5.43 Å². The van der Waals surface area contributed by atoms with Gasteiger partial charge >= 0.3 is 0 Å². The molecule has 0 unspecified atom stereocenters. The molecule has 8 heteroatoms. The summed E-state index contributed by atoms with van der Waals surface area (Å²) < 4.78 is 5.96. The highest BCUT2D eigenvalue weighted by molar-refractivity contribution is 14.1. The van der Waals surface area contributed by atoms with Crippen LogP contribution in [0.2, 0.25) is 0 Å². The summed E-state index contributed by atoms with van der Waals surface area (Å²) >= 11 is 1.98. The molecule has 0 spiro atoms. The monoisotopic (exact) mass is 495 g/mol. The number of carbonyl (C=O) groups excluding carboxylic acids is 2. The van der Waals surface area contributed by atoms with Crippen molar-refractivity contribution in [2.45, 2.75) is 26.7 Å². The number of rotatable bonds is 8. The maximum atomic E-state index is 12.1. The van der Waals surface area contributed by atoms with Crippen molar-refractivity contribution in [1.29, 1.82) is 0 Å². The van der Waals surface area contributed by atoms with Crippen LogP contribution in [0.4, 0.5) is 5.69 Å². The largest absolute Gasteiger partial charge is 0.504 e. The van der Waals surface area contributed by atoms with E-state index in [4.69, 9.17) is 4.74 Å². The molecule has 0 heterocycles. The van der Waals surface area contributed by atoms with Crippen LogP contribution in [-0.2, 0) is 16.0 Å². The maximum Gasteiger partial charge on any atom is 0.249 e. The van der Waals surface area contributed by atoms with Gasteiger partial charge in [0, 0.05) is 5.69 Å². The highest BCUT2D eigenvalue weighted by Crippen LogP contribution is 2.32. The number of aromatic hydroxyl groups is 1. The molecule has 0 aliphatic carbocycles. The molecule has 0 bridgehead atoms. The SMILES string of the molecule is CCOc1cc(/C=N/NC(=O)CC(=O)Nc2ccccc2CC)cc(I)c1O. The van der Waals surface area contributed by atoms with Gasteiger partial charge in [0.2, 0.25) is 11.8 Å². The van der Waals surface area contributed by atoms with Gasteiger partial charge in [0.05, 0.1) is 16.4 Å². The molecule has 28 heavy (non-hydrogen) atoms. The van der Waals surface area contributed by atoms with Crippen molar-refractivity contribution in [3.63, 3.8) is 0 Å². The van der Waals surface area contributed by atoms with Crippen molar-refractivity contribution in [2.24, 2.45) is 5.10 Å². The van der Waals surface area contributed by atoms with Crippen LogP contribution in [0.1, 0.15) is 31.4 Å². The molecule has 0 aliphatic rings. The van der Waals surface area contributed by atoms with Gasteiger partial charge in [0.15, 0.2) is 11.5 Å². The van der Waals surface area contributed by atoms with Crippen LogP contribution >= 0.6 is 22.6 Å². The summed E-state index contributed by atoms with van der Waals surface area (Å²) in [6.45, 7) is 4.22. The summed E-state index contributed by atoms with van der Waals surface area (Å²) in [4.78, 5) is 24.0. The van der Waals surface area contributed by atoms with E-state index >= 15 is 0 Å². The van der Waals surface area contributed by atoms with E-state index in [2.05, 4.69) is 15.8 Å². The Morgan fingerprint density at radius 1 is 1.21 bits per heavy atom. The summed E-state index contributed by atoms with van der Waals surface area (Å²) in [5.74, 6) is -0.531. The first kappa shape index (κ1) is 21.7. The van der Waals surface area contributed by atoms with E-state index in [1.807, 2.05) is 54.6 Å². The van der Waals surface area contributed by atoms with E-state index in [9.17, 15) is 14.7 Å². The van der Waals surface area contributed by atoms with Gasteiger partial charge < -0.3 is 15.2 Å². The average Bonchev–Trinajstić information content (AvgIpc) is 2.66. The fraction of sp³-hybridized carbons (Fsp3) is 0.250. The van der Waals surface area contributed by atoms with Crippen LogP contribution < -0.4 is 15.5 Å². The number of phenolic OH excluding ortho intramolecular Hbond substituents is 1. The van der Waals surface area contributed by atoms with Crippen LogP contribution in [0.15, 0.2) is 41.5 Å². The fourth-order valence-corrected chi connectivity index (χ4v) is 3.07. The second-order valence-corrected chi connectivity index (χ2v) is 6.97. The normalized spacial score (nSPS) is 10.7. The van der Waals surface area contributed by atoms with Gasteiger partial charge in [-0.3, -0.25) is 9.59 Å². The lowest BCUT2D eigenvalue weighted by Gasteiger charge is -2.09. The number of anilines is 1. The zero-order valence-electron chi connectivity index (χ0n) is 15.7. The molecule has 2 amide bonds. The summed E-state index contributed by atoms with van der Waals surface area (Å²) in [6, 6.07) is 10.8. The van der Waals surface area contributed by atoms with Gasteiger partial charge in [0.25, 0.3) is 0 Å². The maximum absolute atomic E-state index is 12.1. The Hall–Kier alpha value is -2.62. The number of aryl methyl sites for hydroxylation is 1. The minimum absolute atomic E-state index is 0.0627. The molecule has 2 aromatic carbocycles. The minimum atomic E-state index is -0.527. The minimum Gasteiger partial charge on any atom is -0.504 e. The van der Waals surface area contributed by atoms with E-state index in [-0.39, 0.29) is 12.2 Å². The molecule has 0 radical (unpaired) electrons. The molecule has 3 N–H and O–H groups in total. The van der Waals surface area contributed by atoms with E-state index in [0.717, 1.165) is 12.0 Å². The Morgan fingerprint density at radius 3 is 2.68 bits per heavy atom. The number of carbonyl (C=O) groups is 2. The Bertz CT molecular complexity index is 884. The zero-order chi connectivity index (χ0) is 20.5. The number of hydrogen-bond donors (Lipinski definition) is 3. The average molecular weight is 495 g/mol. The van der Waals surface area contributed by atoms with Crippen LogP contribution in [0.5, 0.6) is 11.5 Å². The summed E-state index contributed by atoms with van der Waals surface area (Å²) in [5.41, 5.74) is 4.67. The third-order valence-corrected chi connectivity index (χ3v) is 4.57. The zero-order valence-corrected chi connectivity index (χ0v) is 17.8. The van der Waals surface area contributed by atoms with E-state index in [0.29, 0.717) is 27.2 Å². The predicted octanol–water partition coefficient (Wildman–Crippen LogP) is 3.44. The lowest BCUT2D eigenvalue weighted by molar-refractivity contribution is -0.126. The van der Waals surface area contributed by atoms with Crippen LogP contribution in [-0.4, -0.2) is 29.7 Å². The standard InChI is InChI=1S/C20H22IN3O4/c1-3-14-7-5-6-8-16(14)23-18(25)11-19(26)24-22-12-13-9-15(21)20(27)17(10-13)28-4-2/h5-10,12,27H,3-4,11H2,1-2H3,(H,23,25)(H,24,26)/b22-12+. The third-order valence-electron chi connectivity index (χ3n) is 3.75. The smallest absolute Gasteiger partial charge is 0.249 e. The summed E-state index contributed by atoms with van der Waals surface area (Å²) in [7, 11) is 0. The van der Waals surface area contributed by atoms with E-state index < -0.39 is 11.8 Å².